The molecular weight excluding hydrogens is 284 g/mol. The van der Waals surface area contributed by atoms with Crippen LogP contribution in [-0.4, -0.2) is 34.9 Å². The maximum Gasteiger partial charge on any atom is 0.269 e. The van der Waals surface area contributed by atoms with Gasteiger partial charge in [-0.3, -0.25) is 15.2 Å². The molecule has 1 heterocycles. The summed E-state index contributed by atoms with van der Waals surface area (Å²) < 4.78 is 25.7. The summed E-state index contributed by atoms with van der Waals surface area (Å²) in [6.45, 7) is 0.163. The number of H-pyrrole nitrogens is 1. The minimum absolute atomic E-state index is 0.00842. The van der Waals surface area contributed by atoms with Crippen LogP contribution in [0, 0.1) is 10.1 Å². The highest BCUT2D eigenvalue weighted by atomic mass is 32.2. The zero-order valence-electron chi connectivity index (χ0n) is 10.6. The summed E-state index contributed by atoms with van der Waals surface area (Å²) in [5.74, 6) is 0. The zero-order valence-corrected chi connectivity index (χ0v) is 11.4. The summed E-state index contributed by atoms with van der Waals surface area (Å²) in [4.78, 5) is 9.97. The van der Waals surface area contributed by atoms with Gasteiger partial charge in [0.15, 0.2) is 0 Å². The summed E-state index contributed by atoms with van der Waals surface area (Å²) >= 11 is 0. The van der Waals surface area contributed by atoms with E-state index in [9.17, 15) is 18.5 Å². The number of aromatic amines is 1. The van der Waals surface area contributed by atoms with Crippen LogP contribution in [0.25, 0.3) is 0 Å². The largest absolute Gasteiger partial charge is 0.285 e. The average molecular weight is 296 g/mol. The van der Waals surface area contributed by atoms with Gasteiger partial charge >= 0.3 is 0 Å². The maximum atomic E-state index is 12.3. The quantitative estimate of drug-likeness (QED) is 0.657. The van der Waals surface area contributed by atoms with Crippen molar-refractivity contribution in [2.24, 2.45) is 0 Å². The molecule has 0 bridgehead atoms. The number of nitrogens with one attached hydrogen (secondary N) is 1. The Morgan fingerprint density at radius 2 is 2.00 bits per heavy atom. The van der Waals surface area contributed by atoms with Gasteiger partial charge in [-0.05, 0) is 12.1 Å². The predicted octanol–water partition coefficient (Wildman–Crippen LogP) is 1.14. The van der Waals surface area contributed by atoms with Crippen LogP contribution >= 0.6 is 0 Å². The molecule has 8 nitrogen and oxygen atoms in total. The number of hydrogen-bond donors (Lipinski definition) is 1. The van der Waals surface area contributed by atoms with E-state index in [1.807, 2.05) is 0 Å². The molecule has 0 aliphatic rings. The smallest absolute Gasteiger partial charge is 0.269 e. The Morgan fingerprint density at radius 1 is 1.35 bits per heavy atom. The molecule has 0 spiro atoms. The number of nitro benzene ring substituents is 1. The highest BCUT2D eigenvalue weighted by Crippen LogP contribution is 2.19. The summed E-state index contributed by atoms with van der Waals surface area (Å²) in [7, 11) is -2.25. The summed E-state index contributed by atoms with van der Waals surface area (Å²) in [5, 5.41) is 16.9. The second-order valence-electron chi connectivity index (χ2n) is 4.12. The third kappa shape index (κ3) is 2.83. The number of sulfonamides is 1. The number of benzene rings is 1. The molecule has 0 amide bonds. The van der Waals surface area contributed by atoms with Gasteiger partial charge in [0.1, 0.15) is 0 Å². The van der Waals surface area contributed by atoms with E-state index < -0.39 is 14.9 Å². The summed E-state index contributed by atoms with van der Waals surface area (Å²) in [5.41, 5.74) is 0.569. The molecule has 1 aromatic carbocycles. The van der Waals surface area contributed by atoms with Crippen LogP contribution in [-0.2, 0) is 16.6 Å². The Bertz CT molecular complexity index is 695. The van der Waals surface area contributed by atoms with Gasteiger partial charge in [0.25, 0.3) is 5.69 Å². The van der Waals surface area contributed by atoms with Crippen molar-refractivity contribution in [1.82, 2.24) is 14.5 Å². The van der Waals surface area contributed by atoms with Crippen molar-refractivity contribution in [3.8, 4) is 0 Å². The lowest BCUT2D eigenvalue weighted by molar-refractivity contribution is -0.384. The number of nitro groups is 1. The van der Waals surface area contributed by atoms with Crippen molar-refractivity contribution in [3.05, 3.63) is 52.3 Å². The van der Waals surface area contributed by atoms with Gasteiger partial charge in [-0.25, -0.2) is 8.42 Å². The fourth-order valence-electron chi connectivity index (χ4n) is 1.63. The summed E-state index contributed by atoms with van der Waals surface area (Å²) in [6.07, 6.45) is 3.13. The molecule has 9 heteroatoms. The average Bonchev–Trinajstić information content (AvgIpc) is 2.91. The van der Waals surface area contributed by atoms with Gasteiger partial charge in [0.05, 0.1) is 16.0 Å². The molecule has 0 saturated heterocycles. The van der Waals surface area contributed by atoms with Crippen molar-refractivity contribution < 1.29 is 13.3 Å². The van der Waals surface area contributed by atoms with E-state index in [-0.39, 0.29) is 17.1 Å². The Morgan fingerprint density at radius 3 is 2.50 bits per heavy atom. The molecule has 2 rings (SSSR count). The van der Waals surface area contributed by atoms with Gasteiger partial charge in [0, 0.05) is 37.5 Å². The standard InChI is InChI=1S/C11H12N4O4S/c1-14(8-9-6-12-13-7-9)20(18,19)11-4-2-10(3-5-11)15(16)17/h2-7H,8H2,1H3,(H,12,13). The number of hydrogen-bond acceptors (Lipinski definition) is 5. The van der Waals surface area contributed by atoms with Crippen molar-refractivity contribution in [3.63, 3.8) is 0 Å². The van der Waals surface area contributed by atoms with Crippen molar-refractivity contribution >= 4 is 15.7 Å². The van der Waals surface area contributed by atoms with Crippen molar-refractivity contribution in [2.75, 3.05) is 7.05 Å². The molecule has 1 aromatic heterocycles. The van der Waals surface area contributed by atoms with Gasteiger partial charge < -0.3 is 0 Å². The SMILES string of the molecule is CN(Cc1cn[nH]c1)S(=O)(=O)c1ccc([N+](=O)[O-])cc1. The number of aromatic nitrogens is 2. The minimum atomic E-state index is -3.69. The zero-order chi connectivity index (χ0) is 14.8. The molecule has 0 aliphatic carbocycles. The van der Waals surface area contributed by atoms with Crippen LogP contribution in [0.15, 0.2) is 41.6 Å². The third-order valence-electron chi connectivity index (χ3n) is 2.72. The molecule has 2 aromatic rings. The predicted molar refractivity (Wildman–Crippen MR) is 70.3 cm³/mol. The Hall–Kier alpha value is -2.26. The van der Waals surface area contributed by atoms with Gasteiger partial charge in [-0.15, -0.1) is 0 Å². The van der Waals surface area contributed by atoms with Crippen LogP contribution in [0.4, 0.5) is 5.69 Å². The molecule has 0 fully saturated rings. The fourth-order valence-corrected chi connectivity index (χ4v) is 2.78. The monoisotopic (exact) mass is 296 g/mol. The lowest BCUT2D eigenvalue weighted by atomic mass is 10.3. The van der Waals surface area contributed by atoms with E-state index in [1.54, 1.807) is 6.20 Å². The second-order valence-corrected chi connectivity index (χ2v) is 6.16. The van der Waals surface area contributed by atoms with E-state index in [4.69, 9.17) is 0 Å². The lowest BCUT2D eigenvalue weighted by Gasteiger charge is -2.16. The van der Waals surface area contributed by atoms with Crippen LogP contribution in [0.1, 0.15) is 5.56 Å². The summed E-state index contributed by atoms with van der Waals surface area (Å²) in [6, 6.07) is 4.77. The first-order chi connectivity index (χ1) is 9.41. The number of nitrogens with zero attached hydrogens (tertiary/aromatic N) is 3. The van der Waals surface area contributed by atoms with E-state index in [0.29, 0.717) is 0 Å². The first-order valence-electron chi connectivity index (χ1n) is 5.59. The lowest BCUT2D eigenvalue weighted by Crippen LogP contribution is -2.26. The van der Waals surface area contributed by atoms with E-state index in [2.05, 4.69) is 10.2 Å². The first-order valence-corrected chi connectivity index (χ1v) is 7.04. The minimum Gasteiger partial charge on any atom is -0.285 e. The molecule has 1 N–H and O–H groups in total. The second kappa shape index (κ2) is 5.39. The van der Waals surface area contributed by atoms with Crippen LogP contribution in [0.5, 0.6) is 0 Å². The molecule has 0 aliphatic heterocycles. The molecule has 106 valence electrons. The number of non-ortho nitro benzene ring substituents is 1. The maximum absolute atomic E-state index is 12.3. The highest BCUT2D eigenvalue weighted by molar-refractivity contribution is 7.89. The normalized spacial score (nSPS) is 11.7. The van der Waals surface area contributed by atoms with Crippen LogP contribution < -0.4 is 0 Å². The Kier molecular flexibility index (Phi) is 3.81. The fraction of sp³-hybridized carbons (Fsp3) is 0.182. The molecule has 0 saturated carbocycles. The molecular formula is C11H12N4O4S. The Labute approximate surface area is 115 Å². The molecule has 0 unspecified atom stereocenters. The number of rotatable bonds is 5. The van der Waals surface area contributed by atoms with Crippen LogP contribution in [0.3, 0.4) is 0 Å². The van der Waals surface area contributed by atoms with Gasteiger partial charge in [0.2, 0.25) is 10.0 Å². The van der Waals surface area contributed by atoms with E-state index >= 15 is 0 Å². The van der Waals surface area contributed by atoms with Crippen molar-refractivity contribution in [1.29, 1.82) is 0 Å². The molecule has 0 atom stereocenters. The van der Waals surface area contributed by atoms with E-state index in [1.165, 1.54) is 37.5 Å². The first kappa shape index (κ1) is 14.2. The van der Waals surface area contributed by atoms with Gasteiger partial charge in [-0.1, -0.05) is 0 Å². The van der Waals surface area contributed by atoms with Crippen molar-refractivity contribution in [2.45, 2.75) is 11.4 Å². The Balaban J connectivity index is 2.23. The topological polar surface area (TPSA) is 109 Å². The third-order valence-corrected chi connectivity index (χ3v) is 4.53. The van der Waals surface area contributed by atoms with Gasteiger partial charge in [-0.2, -0.15) is 9.40 Å². The molecule has 0 radical (unpaired) electrons. The van der Waals surface area contributed by atoms with Crippen LogP contribution in [0.2, 0.25) is 0 Å². The highest BCUT2D eigenvalue weighted by Gasteiger charge is 2.22. The van der Waals surface area contributed by atoms with E-state index in [0.717, 1.165) is 9.87 Å². The molecule has 20 heavy (non-hydrogen) atoms.